The molecule has 6 unspecified atom stereocenters. The molecule has 0 bridgehead atoms. The minimum atomic E-state index is -1.56. The molecule has 0 saturated carbocycles. The Morgan fingerprint density at radius 1 is 0.818 bits per heavy atom. The van der Waals surface area contributed by atoms with Gasteiger partial charge in [-0.2, -0.15) is 0 Å². The third kappa shape index (κ3) is 11.6. The van der Waals surface area contributed by atoms with Crippen LogP contribution in [0.2, 0.25) is 0 Å². The van der Waals surface area contributed by atoms with Gasteiger partial charge in [-0.3, -0.25) is 19.2 Å². The maximum absolute atomic E-state index is 12.8. The van der Waals surface area contributed by atoms with Crippen molar-refractivity contribution in [3.63, 3.8) is 0 Å². The molecular weight excluding hydrogens is 440 g/mol. The molecule has 14 heteroatoms. The fourth-order valence-corrected chi connectivity index (χ4v) is 2.71. The van der Waals surface area contributed by atoms with Crippen molar-refractivity contribution in [2.45, 2.75) is 82.3 Å². The number of hydrogen-bond donors (Lipinski definition) is 9. The molecule has 12 N–H and O–H groups in total. The van der Waals surface area contributed by atoms with Gasteiger partial charge in [0, 0.05) is 6.42 Å². The van der Waals surface area contributed by atoms with E-state index >= 15 is 0 Å². The first-order chi connectivity index (χ1) is 15.3. The molecule has 190 valence electrons. The average molecular weight is 477 g/mol. The Labute approximate surface area is 191 Å². The molecule has 4 amide bonds. The number of carboxylic acids is 1. The minimum absolute atomic E-state index is 0.131. The van der Waals surface area contributed by atoms with Crippen LogP contribution in [0.15, 0.2) is 0 Å². The third-order valence-electron chi connectivity index (χ3n) is 4.76. The van der Waals surface area contributed by atoms with Gasteiger partial charge in [-0.1, -0.05) is 0 Å². The van der Waals surface area contributed by atoms with E-state index in [4.69, 9.17) is 17.2 Å². The predicted molar refractivity (Wildman–Crippen MR) is 116 cm³/mol. The van der Waals surface area contributed by atoms with E-state index in [0.717, 1.165) is 0 Å². The zero-order chi connectivity index (χ0) is 25.7. The highest BCUT2D eigenvalue weighted by atomic mass is 16.4. The number of aliphatic hydroxyl groups is 2. The van der Waals surface area contributed by atoms with Crippen molar-refractivity contribution in [2.24, 2.45) is 17.2 Å². The van der Waals surface area contributed by atoms with Crippen LogP contribution in [-0.2, 0) is 24.0 Å². The van der Waals surface area contributed by atoms with Gasteiger partial charge in [0.25, 0.3) is 0 Å². The number of unbranched alkanes of at least 4 members (excludes halogenated alkanes) is 1. The first-order valence-corrected chi connectivity index (χ1v) is 10.6. The van der Waals surface area contributed by atoms with Gasteiger partial charge in [-0.25, -0.2) is 4.79 Å². The molecule has 0 aromatic carbocycles. The molecule has 0 saturated heterocycles. The van der Waals surface area contributed by atoms with Gasteiger partial charge in [-0.15, -0.1) is 0 Å². The Hall–Kier alpha value is -2.81. The van der Waals surface area contributed by atoms with Crippen LogP contribution in [0, 0.1) is 0 Å². The fraction of sp³-hybridized carbons (Fsp3) is 0.737. The summed E-state index contributed by atoms with van der Waals surface area (Å²) in [5.74, 6) is -4.83. The number of hydrogen-bond acceptors (Lipinski definition) is 9. The molecule has 0 aromatic rings. The Balaban J connectivity index is 5.42. The summed E-state index contributed by atoms with van der Waals surface area (Å²) in [4.78, 5) is 59.8. The second-order valence-corrected chi connectivity index (χ2v) is 7.74. The number of nitrogens with two attached hydrogens (primary N) is 3. The van der Waals surface area contributed by atoms with Crippen LogP contribution in [0.5, 0.6) is 0 Å². The Morgan fingerprint density at radius 3 is 1.85 bits per heavy atom. The standard InChI is InChI=1S/C19H36N6O8/c1-9(26)14(22)17(30)23-11(5-3-4-8-20)16(29)25-15(10(2)27)18(31)24-12(19(32)33)6-7-13(21)28/h9-12,14-15,26-27H,3-8,20,22H2,1-2H3,(H2,21,28)(H,23,30)(H,24,31)(H,25,29)(H,32,33). The van der Waals surface area contributed by atoms with Gasteiger partial charge in [0.15, 0.2) is 0 Å². The van der Waals surface area contributed by atoms with Crippen molar-refractivity contribution >= 4 is 29.6 Å². The van der Waals surface area contributed by atoms with E-state index < -0.39 is 66.0 Å². The molecule has 6 atom stereocenters. The van der Waals surface area contributed by atoms with E-state index in [1.165, 1.54) is 13.8 Å². The number of amides is 4. The lowest BCUT2D eigenvalue weighted by atomic mass is 10.0. The number of nitrogens with one attached hydrogen (secondary N) is 3. The number of primary amides is 1. The van der Waals surface area contributed by atoms with Crippen molar-refractivity contribution in [2.75, 3.05) is 6.54 Å². The summed E-state index contributed by atoms with van der Waals surface area (Å²) in [6, 6.07) is -5.50. The number of carboxylic acid groups (broad SMARTS) is 1. The Morgan fingerprint density at radius 2 is 1.39 bits per heavy atom. The second-order valence-electron chi connectivity index (χ2n) is 7.74. The zero-order valence-electron chi connectivity index (χ0n) is 18.8. The molecule has 0 aromatic heterocycles. The highest BCUT2D eigenvalue weighted by molar-refractivity contribution is 5.94. The zero-order valence-corrected chi connectivity index (χ0v) is 18.8. The molecule has 14 nitrogen and oxygen atoms in total. The smallest absolute Gasteiger partial charge is 0.326 e. The monoisotopic (exact) mass is 476 g/mol. The maximum Gasteiger partial charge on any atom is 0.326 e. The number of carbonyl (C=O) groups is 5. The fourth-order valence-electron chi connectivity index (χ4n) is 2.71. The van der Waals surface area contributed by atoms with E-state index in [9.17, 15) is 39.3 Å². The largest absolute Gasteiger partial charge is 0.480 e. The summed E-state index contributed by atoms with van der Waals surface area (Å²) in [6.07, 6.45) is -2.08. The number of carbonyl (C=O) groups excluding carboxylic acids is 4. The highest BCUT2D eigenvalue weighted by Crippen LogP contribution is 2.05. The first kappa shape index (κ1) is 30.2. The van der Waals surface area contributed by atoms with Crippen molar-refractivity contribution in [1.29, 1.82) is 0 Å². The summed E-state index contributed by atoms with van der Waals surface area (Å²) >= 11 is 0. The van der Waals surface area contributed by atoms with Gasteiger partial charge in [0.05, 0.1) is 12.2 Å². The van der Waals surface area contributed by atoms with Crippen LogP contribution >= 0.6 is 0 Å². The molecule has 0 fully saturated rings. The molecule has 0 aliphatic heterocycles. The predicted octanol–water partition coefficient (Wildman–Crippen LogP) is -3.99. The second kappa shape index (κ2) is 15.1. The topological polar surface area (TPSA) is 260 Å². The van der Waals surface area contributed by atoms with Crippen LogP contribution in [0.4, 0.5) is 0 Å². The molecule has 0 aliphatic rings. The number of aliphatic hydroxyl groups excluding tert-OH is 2. The summed E-state index contributed by atoms with van der Waals surface area (Å²) in [5, 5.41) is 35.5. The average Bonchev–Trinajstić information content (AvgIpc) is 2.72. The van der Waals surface area contributed by atoms with Crippen LogP contribution < -0.4 is 33.2 Å². The highest BCUT2D eigenvalue weighted by Gasteiger charge is 2.33. The normalized spacial score (nSPS) is 16.4. The van der Waals surface area contributed by atoms with E-state index in [2.05, 4.69) is 16.0 Å². The van der Waals surface area contributed by atoms with Crippen LogP contribution in [0.1, 0.15) is 46.0 Å². The number of aliphatic carboxylic acids is 1. The minimum Gasteiger partial charge on any atom is -0.480 e. The quantitative estimate of drug-likeness (QED) is 0.0975. The van der Waals surface area contributed by atoms with Gasteiger partial charge >= 0.3 is 5.97 Å². The van der Waals surface area contributed by atoms with Gasteiger partial charge < -0.3 is 48.5 Å². The lowest BCUT2D eigenvalue weighted by Gasteiger charge is -2.26. The van der Waals surface area contributed by atoms with Crippen molar-refractivity contribution < 1.29 is 39.3 Å². The van der Waals surface area contributed by atoms with Crippen molar-refractivity contribution in [3.05, 3.63) is 0 Å². The number of rotatable bonds is 16. The van der Waals surface area contributed by atoms with E-state index in [0.29, 0.717) is 19.4 Å². The maximum atomic E-state index is 12.8. The summed E-state index contributed by atoms with van der Waals surface area (Å²) in [6.45, 7) is 2.85. The van der Waals surface area contributed by atoms with Gasteiger partial charge in [-0.05, 0) is 46.1 Å². The third-order valence-corrected chi connectivity index (χ3v) is 4.76. The van der Waals surface area contributed by atoms with Gasteiger partial charge in [0.1, 0.15) is 24.2 Å². The Kier molecular flexibility index (Phi) is 13.8. The summed E-state index contributed by atoms with van der Waals surface area (Å²) in [7, 11) is 0. The van der Waals surface area contributed by atoms with E-state index in [1.807, 2.05) is 0 Å². The molecule has 0 aliphatic carbocycles. The first-order valence-electron chi connectivity index (χ1n) is 10.6. The van der Waals surface area contributed by atoms with E-state index in [1.54, 1.807) is 0 Å². The summed E-state index contributed by atoms with van der Waals surface area (Å²) < 4.78 is 0. The summed E-state index contributed by atoms with van der Waals surface area (Å²) in [5.41, 5.74) is 16.0. The van der Waals surface area contributed by atoms with Gasteiger partial charge in [0.2, 0.25) is 23.6 Å². The molecule has 0 radical (unpaired) electrons. The van der Waals surface area contributed by atoms with Crippen LogP contribution in [0.25, 0.3) is 0 Å². The van der Waals surface area contributed by atoms with E-state index in [-0.39, 0.29) is 19.3 Å². The lowest BCUT2D eigenvalue weighted by molar-refractivity contribution is -0.143. The van der Waals surface area contributed by atoms with Crippen molar-refractivity contribution in [1.82, 2.24) is 16.0 Å². The SMILES string of the molecule is CC(O)C(N)C(=O)NC(CCCCN)C(=O)NC(C(=O)NC(CCC(N)=O)C(=O)O)C(C)O. The lowest BCUT2D eigenvalue weighted by Crippen LogP contribution is -2.60. The molecule has 33 heavy (non-hydrogen) atoms. The molecule has 0 rings (SSSR count). The Bertz CT molecular complexity index is 687. The van der Waals surface area contributed by atoms with Crippen LogP contribution in [0.3, 0.4) is 0 Å². The molecule has 0 heterocycles. The van der Waals surface area contributed by atoms with Crippen LogP contribution in [-0.4, -0.2) is 87.8 Å². The molecule has 0 spiro atoms. The van der Waals surface area contributed by atoms with Crippen molar-refractivity contribution in [3.8, 4) is 0 Å². The molecular formula is C19H36N6O8.